The van der Waals surface area contributed by atoms with E-state index in [1.165, 1.54) is 51.9 Å². The summed E-state index contributed by atoms with van der Waals surface area (Å²) in [7, 11) is 0. The third-order valence-electron chi connectivity index (χ3n) is 11.4. The number of nitro groups is 1. The molecule has 0 bridgehead atoms. The molecule has 0 N–H and O–H groups in total. The van der Waals surface area contributed by atoms with Crippen LogP contribution in [-0.4, -0.2) is 23.0 Å². The lowest BCUT2D eigenvalue weighted by atomic mass is 9.43. The first kappa shape index (κ1) is 25.9. The summed E-state index contributed by atoms with van der Waals surface area (Å²) < 4.78 is 5.56. The quantitative estimate of drug-likeness (QED) is 0.220. The van der Waals surface area contributed by atoms with Gasteiger partial charge in [0, 0.05) is 24.2 Å². The summed E-state index contributed by atoms with van der Waals surface area (Å²) in [5.41, 5.74) is 0.345. The molecule has 4 rings (SSSR count). The molecule has 0 unspecified atom stereocenters. The number of rotatable bonds is 7. The molecule has 5 heteroatoms. The maximum absolute atomic E-state index is 12.4. The lowest BCUT2D eigenvalue weighted by Gasteiger charge is -2.61. The van der Waals surface area contributed by atoms with E-state index < -0.39 is 6.04 Å². The van der Waals surface area contributed by atoms with Crippen LogP contribution in [0.3, 0.4) is 0 Å². The second kappa shape index (κ2) is 9.73. The first-order valence-electron chi connectivity index (χ1n) is 14.3. The van der Waals surface area contributed by atoms with Crippen LogP contribution in [0.1, 0.15) is 112 Å². The summed E-state index contributed by atoms with van der Waals surface area (Å²) >= 11 is 0. The van der Waals surface area contributed by atoms with E-state index in [0.29, 0.717) is 29.6 Å². The Hall–Kier alpha value is -1.13. The van der Waals surface area contributed by atoms with Crippen molar-refractivity contribution < 1.29 is 14.5 Å². The number of fused-ring (bicyclic) bond motifs is 5. The van der Waals surface area contributed by atoms with E-state index in [1.54, 1.807) is 0 Å². The minimum absolute atomic E-state index is 0.000397. The van der Waals surface area contributed by atoms with Crippen molar-refractivity contribution in [3.63, 3.8) is 0 Å². The maximum Gasteiger partial charge on any atom is 0.302 e. The van der Waals surface area contributed by atoms with Gasteiger partial charge in [0.1, 0.15) is 6.10 Å². The second-order valence-electron chi connectivity index (χ2n) is 13.6. The van der Waals surface area contributed by atoms with Gasteiger partial charge < -0.3 is 4.74 Å². The van der Waals surface area contributed by atoms with Crippen molar-refractivity contribution in [1.29, 1.82) is 0 Å². The first-order valence-corrected chi connectivity index (χ1v) is 14.3. The number of hydrogen-bond donors (Lipinski definition) is 0. The zero-order valence-corrected chi connectivity index (χ0v) is 22.6. The molecule has 4 aliphatic rings. The van der Waals surface area contributed by atoms with Crippen LogP contribution >= 0.6 is 0 Å². The largest absolute Gasteiger partial charge is 0.463 e. The number of ether oxygens (including phenoxy) is 1. The van der Waals surface area contributed by atoms with E-state index in [2.05, 4.69) is 34.6 Å². The Morgan fingerprint density at radius 1 is 0.971 bits per heavy atom. The zero-order valence-electron chi connectivity index (χ0n) is 22.6. The minimum Gasteiger partial charge on any atom is -0.463 e. The van der Waals surface area contributed by atoms with Gasteiger partial charge in [-0.05, 0) is 91.3 Å². The smallest absolute Gasteiger partial charge is 0.302 e. The third-order valence-corrected chi connectivity index (χ3v) is 11.4. The van der Waals surface area contributed by atoms with E-state index in [1.807, 2.05) is 0 Å². The summed E-state index contributed by atoms with van der Waals surface area (Å²) in [6, 6.07) is -0.491. The Balaban J connectivity index is 1.54. The van der Waals surface area contributed by atoms with Gasteiger partial charge in [-0.3, -0.25) is 14.9 Å². The highest BCUT2D eigenvalue weighted by atomic mass is 16.6. The van der Waals surface area contributed by atoms with Crippen LogP contribution in [0.4, 0.5) is 0 Å². The number of hydrogen-bond acceptors (Lipinski definition) is 4. The number of carbonyl (C=O) groups is 1. The molecule has 0 aromatic rings. The fourth-order valence-corrected chi connectivity index (χ4v) is 9.86. The van der Waals surface area contributed by atoms with Crippen LogP contribution in [0.15, 0.2) is 0 Å². The lowest BCUT2D eigenvalue weighted by molar-refractivity contribution is -0.547. The van der Waals surface area contributed by atoms with Crippen molar-refractivity contribution in [2.45, 2.75) is 124 Å². The Morgan fingerprint density at radius 2 is 1.65 bits per heavy atom. The van der Waals surface area contributed by atoms with Crippen LogP contribution in [0.25, 0.3) is 0 Å². The van der Waals surface area contributed by atoms with Crippen molar-refractivity contribution in [2.75, 3.05) is 0 Å². The van der Waals surface area contributed by atoms with E-state index in [4.69, 9.17) is 4.74 Å². The van der Waals surface area contributed by atoms with Gasteiger partial charge in [-0.25, -0.2) is 0 Å². The topological polar surface area (TPSA) is 69.4 Å². The zero-order chi connectivity index (χ0) is 24.8. The molecule has 0 radical (unpaired) electrons. The number of esters is 1. The minimum atomic E-state index is -0.491. The standard InChI is InChI=1S/C29H49NO4/c1-18(2)8-7-9-19(3)23-10-11-24-22-17-27(30(32)33)26-16-21(34-20(4)31)12-14-29(26,6)25(22)13-15-28(23,24)5/h18-19,21-27H,7-17H2,1-6H3/t19-,21-,22+,23-,24-,25-,26-,27+,28+,29-/m1/s1. The van der Waals surface area contributed by atoms with Crippen molar-refractivity contribution in [3.8, 4) is 0 Å². The van der Waals surface area contributed by atoms with Gasteiger partial charge >= 0.3 is 5.97 Å². The van der Waals surface area contributed by atoms with Crippen molar-refractivity contribution in [1.82, 2.24) is 0 Å². The Kier molecular flexibility index (Phi) is 7.43. The summed E-state index contributed by atoms with van der Waals surface area (Å²) in [5.74, 6) is 3.77. The highest BCUT2D eigenvalue weighted by molar-refractivity contribution is 5.66. The van der Waals surface area contributed by atoms with Crippen LogP contribution in [0, 0.1) is 62.4 Å². The predicted octanol–water partition coefficient (Wildman–Crippen LogP) is 7.29. The van der Waals surface area contributed by atoms with Crippen LogP contribution in [-0.2, 0) is 9.53 Å². The summed E-state index contributed by atoms with van der Waals surface area (Å²) in [5, 5.41) is 12.4. The molecule has 34 heavy (non-hydrogen) atoms. The molecular weight excluding hydrogens is 426 g/mol. The molecular formula is C29H49NO4. The molecule has 4 aliphatic carbocycles. The van der Waals surface area contributed by atoms with E-state index >= 15 is 0 Å². The first-order chi connectivity index (χ1) is 16.0. The van der Waals surface area contributed by atoms with Gasteiger partial charge in [0.25, 0.3) is 0 Å². The molecule has 0 amide bonds. The second-order valence-corrected chi connectivity index (χ2v) is 13.6. The average Bonchev–Trinajstić information content (AvgIpc) is 3.10. The number of carbonyl (C=O) groups excluding carboxylic acids is 1. The molecule has 0 heterocycles. The summed E-state index contributed by atoms with van der Waals surface area (Å²) in [6.45, 7) is 13.5. The van der Waals surface area contributed by atoms with Crippen LogP contribution in [0.2, 0.25) is 0 Å². The Morgan fingerprint density at radius 3 is 2.29 bits per heavy atom. The summed E-state index contributed by atoms with van der Waals surface area (Å²) in [6.07, 6.45) is 12.1. The molecule has 0 aromatic heterocycles. The Bertz CT molecular complexity index is 767. The highest BCUT2D eigenvalue weighted by Gasteiger charge is 2.65. The molecule has 5 nitrogen and oxygen atoms in total. The van der Waals surface area contributed by atoms with E-state index in [0.717, 1.165) is 37.0 Å². The molecule has 4 fully saturated rings. The van der Waals surface area contributed by atoms with Gasteiger partial charge in [-0.15, -0.1) is 0 Å². The molecule has 0 aliphatic heterocycles. The highest BCUT2D eigenvalue weighted by Crippen LogP contribution is 2.68. The molecule has 10 atom stereocenters. The van der Waals surface area contributed by atoms with Crippen molar-refractivity contribution in [3.05, 3.63) is 10.1 Å². The summed E-state index contributed by atoms with van der Waals surface area (Å²) in [4.78, 5) is 24.0. The van der Waals surface area contributed by atoms with Gasteiger partial charge in [0.15, 0.2) is 0 Å². The lowest BCUT2D eigenvalue weighted by Crippen LogP contribution is -2.60. The average molecular weight is 476 g/mol. The monoisotopic (exact) mass is 475 g/mol. The Labute approximate surface area is 207 Å². The van der Waals surface area contributed by atoms with Gasteiger partial charge in [-0.1, -0.05) is 53.9 Å². The van der Waals surface area contributed by atoms with Crippen molar-refractivity contribution in [2.24, 2.45) is 52.3 Å². The van der Waals surface area contributed by atoms with Gasteiger partial charge in [0.05, 0.1) is 0 Å². The molecule has 0 aromatic carbocycles. The molecule has 4 saturated carbocycles. The van der Waals surface area contributed by atoms with E-state index in [-0.39, 0.29) is 28.3 Å². The normalized spacial score (nSPS) is 44.6. The SMILES string of the molecule is CC(=O)O[C@@H]1CC[C@]2(C)[C@@H]3CC[C@]4(C)[C@H](CC[C@@H]4[C@H](C)CCCC(C)C)[C@@H]3C[C@H]([N+](=O)[O-])[C@H]2C1. The fourth-order valence-electron chi connectivity index (χ4n) is 9.86. The predicted molar refractivity (Wildman–Crippen MR) is 135 cm³/mol. The van der Waals surface area contributed by atoms with Crippen LogP contribution in [0.5, 0.6) is 0 Å². The number of nitrogens with zero attached hydrogens (tertiary/aromatic N) is 1. The van der Waals surface area contributed by atoms with Crippen molar-refractivity contribution >= 4 is 5.97 Å². The molecule has 0 spiro atoms. The molecule has 0 saturated heterocycles. The third kappa shape index (κ3) is 4.54. The maximum atomic E-state index is 12.4. The van der Waals surface area contributed by atoms with Gasteiger partial charge in [0.2, 0.25) is 6.04 Å². The van der Waals surface area contributed by atoms with Gasteiger partial charge in [-0.2, -0.15) is 0 Å². The molecule has 194 valence electrons. The van der Waals surface area contributed by atoms with E-state index in [9.17, 15) is 14.9 Å². The fraction of sp³-hybridized carbons (Fsp3) is 0.966. The van der Waals surface area contributed by atoms with Crippen LogP contribution < -0.4 is 0 Å².